The number of para-hydroxylation sites is 1. The molecule has 1 aliphatic heterocycles. The van der Waals surface area contributed by atoms with E-state index in [0.717, 1.165) is 29.2 Å². The molecule has 0 radical (unpaired) electrons. The van der Waals surface area contributed by atoms with Crippen LogP contribution in [0, 0.1) is 0 Å². The number of anilines is 6. The molecule has 0 unspecified atom stereocenters. The third kappa shape index (κ3) is 6.79. The van der Waals surface area contributed by atoms with Crippen LogP contribution in [0.25, 0.3) is 44.5 Å². The van der Waals surface area contributed by atoms with Crippen LogP contribution < -0.4 is 9.80 Å². The highest BCUT2D eigenvalue weighted by Crippen LogP contribution is 2.46. The van der Waals surface area contributed by atoms with Gasteiger partial charge in [-0.1, -0.05) is 158 Å². The highest BCUT2D eigenvalue weighted by molar-refractivity contribution is 5.88. The summed E-state index contributed by atoms with van der Waals surface area (Å²) >= 11 is 0. The third-order valence-corrected chi connectivity index (χ3v) is 11.1. The molecule has 1 heterocycles. The van der Waals surface area contributed by atoms with Gasteiger partial charge in [0.25, 0.3) is 0 Å². The van der Waals surface area contributed by atoms with E-state index < -0.39 is 0 Å². The van der Waals surface area contributed by atoms with Crippen molar-refractivity contribution in [3.05, 3.63) is 242 Å². The van der Waals surface area contributed by atoms with Crippen LogP contribution in [-0.4, -0.2) is 0 Å². The SMILES string of the molecule is c1ccc(-c2ccc(N(c3ccccc3)c3ccc(-c4ccc5c(c4)Cc4cc(-c6ccccc6)ccc4N5c4ccc(-c5ccccc5)cc4)cc3)cc2)cc1. The summed E-state index contributed by atoms with van der Waals surface area (Å²) in [7, 11) is 0. The number of fused-ring (bicyclic) bond motifs is 2. The predicted molar refractivity (Wildman–Crippen MR) is 240 cm³/mol. The Bertz CT molecular complexity index is 2760. The van der Waals surface area contributed by atoms with E-state index in [1.165, 1.54) is 67.0 Å². The van der Waals surface area contributed by atoms with Crippen molar-refractivity contribution in [2.24, 2.45) is 0 Å². The van der Waals surface area contributed by atoms with Crippen LogP contribution in [0.5, 0.6) is 0 Å². The molecule has 9 aromatic carbocycles. The van der Waals surface area contributed by atoms with Gasteiger partial charge in [0, 0.05) is 40.5 Å². The van der Waals surface area contributed by atoms with E-state index in [-0.39, 0.29) is 0 Å². The molecule has 10 rings (SSSR count). The van der Waals surface area contributed by atoms with E-state index in [9.17, 15) is 0 Å². The molecule has 0 saturated carbocycles. The summed E-state index contributed by atoms with van der Waals surface area (Å²) in [6, 6.07) is 83.2. The second kappa shape index (κ2) is 15.0. The van der Waals surface area contributed by atoms with Crippen molar-refractivity contribution in [1.29, 1.82) is 0 Å². The molecule has 0 saturated heterocycles. The van der Waals surface area contributed by atoms with Gasteiger partial charge in [-0.3, -0.25) is 0 Å². The van der Waals surface area contributed by atoms with Gasteiger partial charge in [0.1, 0.15) is 0 Å². The molecule has 9 aromatic rings. The maximum atomic E-state index is 2.44. The quantitative estimate of drug-likeness (QED) is 0.154. The summed E-state index contributed by atoms with van der Waals surface area (Å²) in [5.41, 5.74) is 19.3. The van der Waals surface area contributed by atoms with Crippen molar-refractivity contribution in [3.63, 3.8) is 0 Å². The first-order chi connectivity index (χ1) is 28.2. The van der Waals surface area contributed by atoms with Crippen molar-refractivity contribution < 1.29 is 0 Å². The fraction of sp³-hybridized carbons (Fsp3) is 0.0182. The Morgan fingerprint density at radius 2 is 0.596 bits per heavy atom. The Morgan fingerprint density at radius 3 is 1.04 bits per heavy atom. The Kier molecular flexibility index (Phi) is 8.98. The molecule has 2 heteroatoms. The summed E-state index contributed by atoms with van der Waals surface area (Å²) in [5.74, 6) is 0. The highest BCUT2D eigenvalue weighted by Gasteiger charge is 2.25. The van der Waals surface area contributed by atoms with Gasteiger partial charge in [-0.15, -0.1) is 0 Å². The molecule has 0 amide bonds. The van der Waals surface area contributed by atoms with Gasteiger partial charge in [0.05, 0.1) is 0 Å². The molecule has 0 aliphatic carbocycles. The van der Waals surface area contributed by atoms with E-state index in [1.54, 1.807) is 0 Å². The van der Waals surface area contributed by atoms with Crippen molar-refractivity contribution in [1.82, 2.24) is 0 Å². The van der Waals surface area contributed by atoms with Gasteiger partial charge in [-0.05, 0) is 128 Å². The summed E-state index contributed by atoms with van der Waals surface area (Å²) in [6.45, 7) is 0. The van der Waals surface area contributed by atoms with Crippen LogP contribution in [0.3, 0.4) is 0 Å². The van der Waals surface area contributed by atoms with Crippen LogP contribution in [0.1, 0.15) is 11.1 Å². The van der Waals surface area contributed by atoms with Crippen LogP contribution in [0.4, 0.5) is 34.1 Å². The fourth-order valence-electron chi connectivity index (χ4n) is 8.19. The van der Waals surface area contributed by atoms with Crippen molar-refractivity contribution in [2.75, 3.05) is 9.80 Å². The molecule has 1 aliphatic rings. The molecular weight excluding hydrogens is 689 g/mol. The van der Waals surface area contributed by atoms with Gasteiger partial charge >= 0.3 is 0 Å². The molecule has 0 aromatic heterocycles. The standard InChI is InChI=1S/C55H40N2/c1-5-13-40(14-6-1)43-21-29-51(30-22-43)56(50-19-11-4-12-20-50)52-31-25-45(26-32-52)47-28-36-55-49(38-47)39-48-37-46(42-17-9-3-10-18-42)27-35-54(48)57(55)53-33-23-44(24-34-53)41-15-7-2-8-16-41/h1-38H,39H2. The number of benzene rings is 9. The lowest BCUT2D eigenvalue weighted by molar-refractivity contribution is 1.09. The predicted octanol–water partition coefficient (Wildman–Crippen LogP) is 15.2. The smallest absolute Gasteiger partial charge is 0.0497 e. The summed E-state index contributed by atoms with van der Waals surface area (Å²) in [5, 5.41) is 0. The van der Waals surface area contributed by atoms with Crippen molar-refractivity contribution in [3.8, 4) is 44.5 Å². The van der Waals surface area contributed by atoms with Crippen LogP contribution in [0.2, 0.25) is 0 Å². The molecule has 0 N–H and O–H groups in total. The third-order valence-electron chi connectivity index (χ3n) is 11.1. The van der Waals surface area contributed by atoms with E-state index in [0.29, 0.717) is 0 Å². The molecule has 0 bridgehead atoms. The van der Waals surface area contributed by atoms with Crippen LogP contribution >= 0.6 is 0 Å². The Labute approximate surface area is 335 Å². The Balaban J connectivity index is 1.00. The van der Waals surface area contributed by atoms with E-state index in [1.807, 2.05) is 0 Å². The first kappa shape index (κ1) is 34.1. The van der Waals surface area contributed by atoms with Gasteiger partial charge in [0.2, 0.25) is 0 Å². The molecule has 0 atom stereocenters. The van der Waals surface area contributed by atoms with Gasteiger partial charge in [0.15, 0.2) is 0 Å². The summed E-state index contributed by atoms with van der Waals surface area (Å²) in [4.78, 5) is 4.76. The zero-order chi connectivity index (χ0) is 38.0. The lowest BCUT2D eigenvalue weighted by Crippen LogP contribution is -2.18. The summed E-state index contributed by atoms with van der Waals surface area (Å²) < 4.78 is 0. The largest absolute Gasteiger partial charge is 0.311 e. The lowest BCUT2D eigenvalue weighted by atomic mass is 9.90. The fourth-order valence-corrected chi connectivity index (χ4v) is 8.19. The average Bonchev–Trinajstić information content (AvgIpc) is 3.30. The zero-order valence-corrected chi connectivity index (χ0v) is 31.5. The average molecular weight is 729 g/mol. The first-order valence-corrected chi connectivity index (χ1v) is 19.6. The van der Waals surface area contributed by atoms with Crippen LogP contribution in [0.15, 0.2) is 231 Å². The van der Waals surface area contributed by atoms with Crippen molar-refractivity contribution >= 4 is 34.1 Å². The lowest BCUT2D eigenvalue weighted by Gasteiger charge is -2.34. The normalized spacial score (nSPS) is 11.8. The zero-order valence-electron chi connectivity index (χ0n) is 31.5. The number of rotatable bonds is 8. The highest BCUT2D eigenvalue weighted by atomic mass is 15.2. The number of nitrogens with zero attached hydrogens (tertiary/aromatic N) is 2. The monoisotopic (exact) mass is 728 g/mol. The molecule has 270 valence electrons. The number of hydrogen-bond acceptors (Lipinski definition) is 2. The minimum Gasteiger partial charge on any atom is -0.311 e. The first-order valence-electron chi connectivity index (χ1n) is 19.6. The molecule has 0 fully saturated rings. The van der Waals surface area contributed by atoms with Gasteiger partial charge in [-0.25, -0.2) is 0 Å². The van der Waals surface area contributed by atoms with E-state index in [4.69, 9.17) is 0 Å². The van der Waals surface area contributed by atoms with Crippen LogP contribution in [-0.2, 0) is 6.42 Å². The summed E-state index contributed by atoms with van der Waals surface area (Å²) in [6.07, 6.45) is 0.858. The van der Waals surface area contributed by atoms with Gasteiger partial charge in [-0.2, -0.15) is 0 Å². The molecule has 0 spiro atoms. The molecule has 57 heavy (non-hydrogen) atoms. The minimum atomic E-state index is 0.858. The van der Waals surface area contributed by atoms with E-state index >= 15 is 0 Å². The number of hydrogen-bond donors (Lipinski definition) is 0. The minimum absolute atomic E-state index is 0.858. The molecular formula is C55H40N2. The Hall–Kier alpha value is -7.42. The topological polar surface area (TPSA) is 6.48 Å². The molecule has 2 nitrogen and oxygen atoms in total. The second-order valence-electron chi connectivity index (χ2n) is 14.6. The second-order valence-corrected chi connectivity index (χ2v) is 14.6. The van der Waals surface area contributed by atoms with E-state index in [2.05, 4.69) is 240 Å². The Morgan fingerprint density at radius 1 is 0.281 bits per heavy atom. The van der Waals surface area contributed by atoms with Gasteiger partial charge < -0.3 is 9.80 Å². The van der Waals surface area contributed by atoms with Crippen molar-refractivity contribution in [2.45, 2.75) is 6.42 Å². The maximum absolute atomic E-state index is 2.44. The maximum Gasteiger partial charge on any atom is 0.0497 e.